The van der Waals surface area contributed by atoms with Crippen molar-refractivity contribution in [2.75, 3.05) is 37.7 Å². The predicted octanol–water partition coefficient (Wildman–Crippen LogP) is 4.25. The molecule has 1 aromatic heterocycles. The SMILES string of the molecule is CCOc1ccc(Br)cc1S(=O)(=O)N1CCN(c2cc(Oc3ccccc3)nc(C)n2)CC1. The summed E-state index contributed by atoms with van der Waals surface area (Å²) in [5.74, 6) is 2.80. The molecule has 2 heterocycles. The van der Waals surface area contributed by atoms with E-state index in [1.165, 1.54) is 4.31 Å². The Bertz CT molecular complexity index is 1220. The Morgan fingerprint density at radius 3 is 2.42 bits per heavy atom. The normalized spacial score (nSPS) is 14.8. The number of hydrogen-bond donors (Lipinski definition) is 0. The molecule has 2 aromatic carbocycles. The van der Waals surface area contributed by atoms with Crippen LogP contribution >= 0.6 is 15.9 Å². The van der Waals surface area contributed by atoms with Gasteiger partial charge in [0, 0.05) is 36.7 Å². The Morgan fingerprint density at radius 1 is 1.00 bits per heavy atom. The predicted molar refractivity (Wildman–Crippen MR) is 130 cm³/mol. The second kappa shape index (κ2) is 10.1. The maximum Gasteiger partial charge on any atom is 0.246 e. The summed E-state index contributed by atoms with van der Waals surface area (Å²) in [5, 5.41) is 0. The summed E-state index contributed by atoms with van der Waals surface area (Å²) < 4.78 is 40.3. The number of nitrogens with zero attached hydrogens (tertiary/aromatic N) is 4. The molecule has 33 heavy (non-hydrogen) atoms. The van der Waals surface area contributed by atoms with Gasteiger partial charge in [0.05, 0.1) is 6.61 Å². The van der Waals surface area contributed by atoms with Gasteiger partial charge >= 0.3 is 0 Å². The van der Waals surface area contributed by atoms with Crippen LogP contribution in [0.15, 0.2) is 64.0 Å². The summed E-state index contributed by atoms with van der Waals surface area (Å²) in [6.45, 7) is 5.69. The van der Waals surface area contributed by atoms with Gasteiger partial charge in [-0.1, -0.05) is 34.1 Å². The number of piperazine rings is 1. The lowest BCUT2D eigenvalue weighted by Crippen LogP contribution is -2.49. The first-order valence-electron chi connectivity index (χ1n) is 10.6. The second-order valence-corrected chi connectivity index (χ2v) is 10.3. The number of ether oxygens (including phenoxy) is 2. The number of hydrogen-bond acceptors (Lipinski definition) is 7. The zero-order valence-corrected chi connectivity index (χ0v) is 20.8. The second-order valence-electron chi connectivity index (χ2n) is 7.44. The molecule has 1 aliphatic heterocycles. The fourth-order valence-electron chi connectivity index (χ4n) is 3.60. The van der Waals surface area contributed by atoms with E-state index in [2.05, 4.69) is 25.9 Å². The molecule has 0 atom stereocenters. The third kappa shape index (κ3) is 5.45. The number of aromatic nitrogens is 2. The molecule has 3 aromatic rings. The zero-order valence-electron chi connectivity index (χ0n) is 18.4. The lowest BCUT2D eigenvalue weighted by molar-refractivity contribution is 0.327. The molecule has 174 valence electrons. The summed E-state index contributed by atoms with van der Waals surface area (Å²) in [6, 6.07) is 16.3. The van der Waals surface area contributed by atoms with Gasteiger partial charge in [0.2, 0.25) is 15.9 Å². The molecule has 10 heteroatoms. The van der Waals surface area contributed by atoms with Crippen molar-refractivity contribution in [2.45, 2.75) is 18.7 Å². The van der Waals surface area contributed by atoms with Crippen LogP contribution in [0.1, 0.15) is 12.7 Å². The minimum Gasteiger partial charge on any atom is -0.492 e. The van der Waals surface area contributed by atoms with Crippen LogP contribution in [-0.2, 0) is 10.0 Å². The molecule has 1 aliphatic rings. The van der Waals surface area contributed by atoms with Crippen molar-refractivity contribution < 1.29 is 17.9 Å². The van der Waals surface area contributed by atoms with E-state index in [1.807, 2.05) is 49.1 Å². The van der Waals surface area contributed by atoms with Crippen molar-refractivity contribution in [1.29, 1.82) is 0 Å². The highest BCUT2D eigenvalue weighted by Gasteiger charge is 2.31. The first kappa shape index (κ1) is 23.5. The molecular formula is C23H25BrN4O4S. The Morgan fingerprint density at radius 2 is 1.73 bits per heavy atom. The number of para-hydroxylation sites is 1. The molecule has 0 saturated carbocycles. The number of aryl methyl sites for hydroxylation is 1. The van der Waals surface area contributed by atoms with Gasteiger partial charge in [0.25, 0.3) is 0 Å². The molecule has 0 unspecified atom stereocenters. The molecular weight excluding hydrogens is 508 g/mol. The summed E-state index contributed by atoms with van der Waals surface area (Å²) in [7, 11) is -3.71. The smallest absolute Gasteiger partial charge is 0.246 e. The number of anilines is 1. The minimum absolute atomic E-state index is 0.170. The molecule has 0 N–H and O–H groups in total. The van der Waals surface area contributed by atoms with Crippen LogP contribution in [-0.4, -0.2) is 55.5 Å². The fourth-order valence-corrected chi connectivity index (χ4v) is 5.70. The Hall–Kier alpha value is -2.69. The highest BCUT2D eigenvalue weighted by atomic mass is 79.9. The van der Waals surface area contributed by atoms with Crippen LogP contribution in [0.5, 0.6) is 17.4 Å². The average Bonchev–Trinajstić information content (AvgIpc) is 2.81. The van der Waals surface area contributed by atoms with E-state index >= 15 is 0 Å². The van der Waals surface area contributed by atoms with Gasteiger partial charge in [0.1, 0.15) is 28.0 Å². The summed E-state index contributed by atoms with van der Waals surface area (Å²) in [6.07, 6.45) is 0. The van der Waals surface area contributed by atoms with Crippen molar-refractivity contribution >= 4 is 31.8 Å². The molecule has 1 fully saturated rings. The third-order valence-corrected chi connectivity index (χ3v) is 7.57. The summed E-state index contributed by atoms with van der Waals surface area (Å²) in [5.41, 5.74) is 0. The standard InChI is InChI=1S/C23H25BrN4O4S/c1-3-31-20-10-9-18(24)15-21(20)33(29,30)28-13-11-27(12-14-28)22-16-23(26-17(2)25-22)32-19-7-5-4-6-8-19/h4-10,15-16H,3,11-14H2,1-2H3. The third-order valence-electron chi connectivity index (χ3n) is 5.15. The zero-order chi connectivity index (χ0) is 23.4. The van der Waals surface area contributed by atoms with Crippen LogP contribution in [0.2, 0.25) is 0 Å². The number of sulfonamides is 1. The first-order chi connectivity index (χ1) is 15.9. The first-order valence-corrected chi connectivity index (χ1v) is 12.9. The Labute approximate surface area is 202 Å². The Kier molecular flexibility index (Phi) is 7.16. The van der Waals surface area contributed by atoms with Gasteiger partial charge < -0.3 is 14.4 Å². The van der Waals surface area contributed by atoms with Crippen LogP contribution in [0.4, 0.5) is 5.82 Å². The summed E-state index contributed by atoms with van der Waals surface area (Å²) in [4.78, 5) is 11.1. The van der Waals surface area contributed by atoms with Crippen molar-refractivity contribution in [1.82, 2.24) is 14.3 Å². The van der Waals surface area contributed by atoms with Crippen molar-refractivity contribution in [3.8, 4) is 17.4 Å². The van der Waals surface area contributed by atoms with Crippen LogP contribution in [0, 0.1) is 6.92 Å². The highest BCUT2D eigenvalue weighted by molar-refractivity contribution is 9.10. The van der Waals surface area contributed by atoms with Crippen LogP contribution < -0.4 is 14.4 Å². The molecule has 1 saturated heterocycles. The van der Waals surface area contributed by atoms with Gasteiger partial charge in [0.15, 0.2) is 0 Å². The molecule has 0 bridgehead atoms. The van der Waals surface area contributed by atoms with Gasteiger partial charge in [-0.25, -0.2) is 13.4 Å². The number of benzene rings is 2. The van der Waals surface area contributed by atoms with E-state index in [-0.39, 0.29) is 4.90 Å². The lowest BCUT2D eigenvalue weighted by Gasteiger charge is -2.35. The number of rotatable bonds is 7. The minimum atomic E-state index is -3.71. The molecule has 0 aliphatic carbocycles. The van der Waals surface area contributed by atoms with E-state index in [1.54, 1.807) is 24.3 Å². The van der Waals surface area contributed by atoms with Crippen LogP contribution in [0.25, 0.3) is 0 Å². The summed E-state index contributed by atoms with van der Waals surface area (Å²) >= 11 is 3.37. The molecule has 0 amide bonds. The average molecular weight is 533 g/mol. The van der Waals surface area contributed by atoms with E-state index in [4.69, 9.17) is 9.47 Å². The Balaban J connectivity index is 1.50. The largest absolute Gasteiger partial charge is 0.492 e. The van der Waals surface area contributed by atoms with Gasteiger partial charge in [-0.15, -0.1) is 0 Å². The van der Waals surface area contributed by atoms with Gasteiger partial charge in [-0.2, -0.15) is 9.29 Å². The molecule has 8 nitrogen and oxygen atoms in total. The lowest BCUT2D eigenvalue weighted by atomic mass is 10.3. The van der Waals surface area contributed by atoms with E-state index in [0.717, 1.165) is 0 Å². The van der Waals surface area contributed by atoms with Crippen molar-refractivity contribution in [2.24, 2.45) is 0 Å². The van der Waals surface area contributed by atoms with E-state index in [0.29, 0.717) is 66.3 Å². The van der Waals surface area contributed by atoms with Crippen molar-refractivity contribution in [3.05, 3.63) is 64.9 Å². The van der Waals surface area contributed by atoms with E-state index < -0.39 is 10.0 Å². The quantitative estimate of drug-likeness (QED) is 0.449. The number of halogens is 1. The molecule has 0 spiro atoms. The van der Waals surface area contributed by atoms with Crippen LogP contribution in [0.3, 0.4) is 0 Å². The van der Waals surface area contributed by atoms with Gasteiger partial charge in [-0.3, -0.25) is 0 Å². The van der Waals surface area contributed by atoms with Crippen molar-refractivity contribution in [3.63, 3.8) is 0 Å². The highest BCUT2D eigenvalue weighted by Crippen LogP contribution is 2.31. The molecule has 4 rings (SSSR count). The fraction of sp³-hybridized carbons (Fsp3) is 0.304. The molecule has 0 radical (unpaired) electrons. The maximum absolute atomic E-state index is 13.4. The maximum atomic E-state index is 13.4. The topological polar surface area (TPSA) is 84.9 Å². The van der Waals surface area contributed by atoms with Gasteiger partial charge in [-0.05, 0) is 44.2 Å². The van der Waals surface area contributed by atoms with E-state index in [9.17, 15) is 8.42 Å². The monoisotopic (exact) mass is 532 g/mol.